The summed E-state index contributed by atoms with van der Waals surface area (Å²) in [6.45, 7) is 2.12. The van der Waals surface area contributed by atoms with E-state index < -0.39 is 0 Å². The highest BCUT2D eigenvalue weighted by molar-refractivity contribution is 7.07. The molecule has 0 aliphatic heterocycles. The van der Waals surface area contributed by atoms with E-state index in [0.717, 1.165) is 6.42 Å². The third-order valence-electron chi connectivity index (χ3n) is 2.74. The number of thiophene rings is 1. The molecule has 0 spiro atoms. The maximum Gasteiger partial charge on any atom is 0.231 e. The first-order valence-electron chi connectivity index (χ1n) is 6.47. The smallest absolute Gasteiger partial charge is 0.231 e. The van der Waals surface area contributed by atoms with Crippen molar-refractivity contribution in [2.75, 3.05) is 36.7 Å². The highest BCUT2D eigenvalue weighted by Gasteiger charge is 2.10. The highest BCUT2D eigenvalue weighted by Crippen LogP contribution is 2.14. The van der Waals surface area contributed by atoms with E-state index >= 15 is 0 Å². The van der Waals surface area contributed by atoms with E-state index in [4.69, 9.17) is 0 Å². The zero-order valence-electron chi connectivity index (χ0n) is 12.2. The van der Waals surface area contributed by atoms with Crippen molar-refractivity contribution in [3.8, 4) is 0 Å². The van der Waals surface area contributed by atoms with Gasteiger partial charge in [0.2, 0.25) is 17.8 Å². The van der Waals surface area contributed by atoms with Crippen molar-refractivity contribution in [1.29, 1.82) is 0 Å². The largest absolute Gasteiger partial charge is 0.357 e. The Bertz CT molecular complexity index is 540. The van der Waals surface area contributed by atoms with Crippen LogP contribution in [-0.4, -0.2) is 42.1 Å². The van der Waals surface area contributed by atoms with Gasteiger partial charge in [-0.15, -0.1) is 0 Å². The van der Waals surface area contributed by atoms with E-state index in [1.165, 1.54) is 5.56 Å². The summed E-state index contributed by atoms with van der Waals surface area (Å²) in [5.74, 6) is 1.79. The van der Waals surface area contributed by atoms with Crippen LogP contribution in [0.3, 0.4) is 0 Å². The van der Waals surface area contributed by atoms with Crippen molar-refractivity contribution in [1.82, 2.24) is 15.0 Å². The second kappa shape index (κ2) is 6.51. The van der Waals surface area contributed by atoms with Gasteiger partial charge in [-0.1, -0.05) is 0 Å². The average Bonchev–Trinajstić information content (AvgIpc) is 2.90. The third-order valence-corrected chi connectivity index (χ3v) is 3.48. The van der Waals surface area contributed by atoms with Crippen LogP contribution in [-0.2, 0) is 6.42 Å². The summed E-state index contributed by atoms with van der Waals surface area (Å²) >= 11 is 1.71. The highest BCUT2D eigenvalue weighted by atomic mass is 32.1. The number of hydrogen-bond donors (Lipinski definition) is 2. The molecular formula is C13H20N6S. The normalized spacial score (nSPS) is 12.0. The molecule has 0 aliphatic rings. The molecule has 0 saturated carbocycles. The SMILES string of the molecule is CNc1nc(NC(C)Cc2ccsc2)nc(N(C)C)n1. The molecule has 2 heterocycles. The Morgan fingerprint density at radius 1 is 1.25 bits per heavy atom. The second-order valence-corrected chi connectivity index (χ2v) is 5.59. The summed E-state index contributed by atoms with van der Waals surface area (Å²) in [6.07, 6.45) is 0.946. The van der Waals surface area contributed by atoms with Gasteiger partial charge in [-0.25, -0.2) is 0 Å². The van der Waals surface area contributed by atoms with Crippen LogP contribution in [0.25, 0.3) is 0 Å². The van der Waals surface area contributed by atoms with Gasteiger partial charge in [0.25, 0.3) is 0 Å². The van der Waals surface area contributed by atoms with E-state index in [1.54, 1.807) is 18.4 Å². The minimum atomic E-state index is 0.256. The van der Waals surface area contributed by atoms with Crippen molar-refractivity contribution in [2.24, 2.45) is 0 Å². The van der Waals surface area contributed by atoms with Crippen LogP contribution < -0.4 is 15.5 Å². The monoisotopic (exact) mass is 292 g/mol. The fourth-order valence-electron chi connectivity index (χ4n) is 1.77. The van der Waals surface area contributed by atoms with Gasteiger partial charge >= 0.3 is 0 Å². The van der Waals surface area contributed by atoms with Crippen molar-refractivity contribution in [3.05, 3.63) is 22.4 Å². The molecule has 0 saturated heterocycles. The van der Waals surface area contributed by atoms with Crippen LogP contribution in [0, 0.1) is 0 Å². The molecule has 0 radical (unpaired) electrons. The summed E-state index contributed by atoms with van der Waals surface area (Å²) < 4.78 is 0. The Morgan fingerprint density at radius 2 is 2.00 bits per heavy atom. The van der Waals surface area contributed by atoms with Gasteiger partial charge < -0.3 is 15.5 Å². The summed E-state index contributed by atoms with van der Waals surface area (Å²) in [5.41, 5.74) is 1.32. The predicted molar refractivity (Wildman–Crippen MR) is 84.8 cm³/mol. The van der Waals surface area contributed by atoms with Gasteiger partial charge in [0.05, 0.1) is 0 Å². The predicted octanol–water partition coefficient (Wildman–Crippen LogP) is 2.08. The minimum absolute atomic E-state index is 0.256. The van der Waals surface area contributed by atoms with E-state index in [0.29, 0.717) is 17.8 Å². The molecule has 20 heavy (non-hydrogen) atoms. The molecule has 1 atom stereocenters. The zero-order valence-corrected chi connectivity index (χ0v) is 13.0. The molecule has 6 nitrogen and oxygen atoms in total. The lowest BCUT2D eigenvalue weighted by molar-refractivity contribution is 0.775. The Morgan fingerprint density at radius 3 is 2.60 bits per heavy atom. The molecule has 0 bridgehead atoms. The van der Waals surface area contributed by atoms with E-state index in [1.807, 2.05) is 19.0 Å². The molecule has 2 aromatic heterocycles. The van der Waals surface area contributed by atoms with Gasteiger partial charge in [-0.3, -0.25) is 0 Å². The quantitative estimate of drug-likeness (QED) is 0.850. The number of aromatic nitrogens is 3. The van der Waals surface area contributed by atoms with Gasteiger partial charge in [0.1, 0.15) is 0 Å². The van der Waals surface area contributed by atoms with Gasteiger partial charge in [-0.2, -0.15) is 26.3 Å². The third kappa shape index (κ3) is 3.80. The second-order valence-electron chi connectivity index (χ2n) is 4.81. The Balaban J connectivity index is 2.09. The standard InChI is InChI=1S/C13H20N6S/c1-9(7-10-5-6-20-8-10)15-12-16-11(14-2)17-13(18-12)19(3)4/h5-6,8-9H,7H2,1-4H3,(H2,14,15,16,17,18). The minimum Gasteiger partial charge on any atom is -0.357 e. The number of rotatable bonds is 6. The molecular weight excluding hydrogens is 272 g/mol. The summed E-state index contributed by atoms with van der Waals surface area (Å²) in [6, 6.07) is 2.40. The van der Waals surface area contributed by atoms with Crippen molar-refractivity contribution in [3.63, 3.8) is 0 Å². The summed E-state index contributed by atoms with van der Waals surface area (Å²) in [4.78, 5) is 14.9. The zero-order chi connectivity index (χ0) is 14.5. The number of hydrogen-bond acceptors (Lipinski definition) is 7. The summed E-state index contributed by atoms with van der Waals surface area (Å²) in [5, 5.41) is 10.5. The van der Waals surface area contributed by atoms with Crippen LogP contribution in [0.15, 0.2) is 16.8 Å². The molecule has 7 heteroatoms. The average molecular weight is 292 g/mol. The van der Waals surface area contributed by atoms with Crippen LogP contribution >= 0.6 is 11.3 Å². The number of nitrogens with one attached hydrogen (secondary N) is 2. The first-order valence-corrected chi connectivity index (χ1v) is 7.41. The van der Waals surface area contributed by atoms with Crippen LogP contribution in [0.1, 0.15) is 12.5 Å². The molecule has 2 N–H and O–H groups in total. The Hall–Kier alpha value is -1.89. The van der Waals surface area contributed by atoms with E-state index in [2.05, 4.69) is 49.3 Å². The lowest BCUT2D eigenvalue weighted by atomic mass is 10.1. The van der Waals surface area contributed by atoms with Crippen molar-refractivity contribution in [2.45, 2.75) is 19.4 Å². The van der Waals surface area contributed by atoms with E-state index in [9.17, 15) is 0 Å². The fourth-order valence-corrected chi connectivity index (χ4v) is 2.46. The van der Waals surface area contributed by atoms with Crippen molar-refractivity contribution >= 4 is 29.2 Å². The van der Waals surface area contributed by atoms with Gasteiger partial charge in [-0.05, 0) is 35.7 Å². The molecule has 0 aromatic carbocycles. The van der Waals surface area contributed by atoms with Crippen LogP contribution in [0.4, 0.5) is 17.8 Å². The van der Waals surface area contributed by atoms with Crippen LogP contribution in [0.5, 0.6) is 0 Å². The lowest BCUT2D eigenvalue weighted by Crippen LogP contribution is -2.22. The maximum absolute atomic E-state index is 4.41. The van der Waals surface area contributed by atoms with E-state index in [-0.39, 0.29) is 6.04 Å². The van der Waals surface area contributed by atoms with Gasteiger partial charge in [0, 0.05) is 27.2 Å². The summed E-state index contributed by atoms with van der Waals surface area (Å²) in [7, 11) is 5.62. The number of anilines is 3. The molecule has 108 valence electrons. The first-order chi connectivity index (χ1) is 9.58. The molecule has 2 aromatic rings. The fraction of sp³-hybridized carbons (Fsp3) is 0.462. The molecule has 0 fully saturated rings. The van der Waals surface area contributed by atoms with Crippen molar-refractivity contribution < 1.29 is 0 Å². The van der Waals surface area contributed by atoms with Gasteiger partial charge in [0.15, 0.2) is 0 Å². The molecule has 0 aliphatic carbocycles. The molecule has 0 amide bonds. The molecule has 1 unspecified atom stereocenters. The van der Waals surface area contributed by atoms with Crippen LogP contribution in [0.2, 0.25) is 0 Å². The number of nitrogens with zero attached hydrogens (tertiary/aromatic N) is 4. The lowest BCUT2D eigenvalue weighted by Gasteiger charge is -2.16. The first kappa shape index (κ1) is 14.5. The topological polar surface area (TPSA) is 66.0 Å². The maximum atomic E-state index is 4.41. The molecule has 2 rings (SSSR count). The Labute approximate surface area is 123 Å². The Kier molecular flexibility index (Phi) is 4.73.